The molecule has 190 valence electrons. The molecule has 2 aromatic heterocycles. The van der Waals surface area contributed by atoms with E-state index < -0.39 is 0 Å². The Labute approximate surface area is 215 Å². The summed E-state index contributed by atoms with van der Waals surface area (Å²) in [5, 5.41) is 17.0. The van der Waals surface area contributed by atoms with Crippen molar-refractivity contribution in [3.8, 4) is 17.6 Å². The first-order valence-electron chi connectivity index (χ1n) is 12.4. The molecule has 0 atom stereocenters. The summed E-state index contributed by atoms with van der Waals surface area (Å²) in [6.07, 6.45) is 1.62. The van der Waals surface area contributed by atoms with Gasteiger partial charge < -0.3 is 14.4 Å². The number of nitrogens with zero attached hydrogens (tertiary/aromatic N) is 9. The number of amides is 3. The molecule has 3 amide bonds. The van der Waals surface area contributed by atoms with Gasteiger partial charge in [0.15, 0.2) is 5.82 Å². The summed E-state index contributed by atoms with van der Waals surface area (Å²) >= 11 is 0. The second-order valence-corrected chi connectivity index (χ2v) is 9.34. The molecule has 4 heterocycles. The van der Waals surface area contributed by atoms with Crippen LogP contribution >= 0.6 is 0 Å². The predicted molar refractivity (Wildman–Crippen MR) is 139 cm³/mol. The molecule has 5 rings (SSSR count). The number of pyridine rings is 1. The lowest BCUT2D eigenvalue weighted by Gasteiger charge is -2.36. The molecule has 37 heavy (non-hydrogen) atoms. The van der Waals surface area contributed by atoms with E-state index in [-0.39, 0.29) is 24.4 Å². The monoisotopic (exact) mass is 499 g/mol. The van der Waals surface area contributed by atoms with Crippen LogP contribution in [0.1, 0.15) is 26.3 Å². The predicted octanol–water partition coefficient (Wildman–Crippen LogP) is 2.93. The number of carbonyl (C=O) groups excluding carboxylic acids is 2. The lowest BCUT2D eigenvalue weighted by molar-refractivity contribution is -0.130. The zero-order valence-corrected chi connectivity index (χ0v) is 21.0. The van der Waals surface area contributed by atoms with E-state index in [1.54, 1.807) is 21.0 Å². The van der Waals surface area contributed by atoms with Crippen LogP contribution in [0.2, 0.25) is 0 Å². The number of piperazine rings is 1. The van der Waals surface area contributed by atoms with Crippen molar-refractivity contribution in [3.63, 3.8) is 0 Å². The van der Waals surface area contributed by atoms with Crippen molar-refractivity contribution in [2.24, 2.45) is 0 Å². The minimum absolute atomic E-state index is 0.0745. The number of anilines is 3. The summed E-state index contributed by atoms with van der Waals surface area (Å²) in [7, 11) is 0. The molecule has 3 aromatic rings. The van der Waals surface area contributed by atoms with Crippen molar-refractivity contribution in [1.29, 1.82) is 5.26 Å². The van der Waals surface area contributed by atoms with E-state index in [2.05, 4.69) is 28.9 Å². The van der Waals surface area contributed by atoms with Gasteiger partial charge in [0.05, 0.1) is 6.07 Å². The van der Waals surface area contributed by atoms with Crippen molar-refractivity contribution in [2.45, 2.75) is 26.3 Å². The Morgan fingerprint density at radius 3 is 2.38 bits per heavy atom. The second kappa shape index (κ2) is 10.3. The molecule has 0 N–H and O–H groups in total. The van der Waals surface area contributed by atoms with Crippen LogP contribution in [0.3, 0.4) is 0 Å². The Morgan fingerprint density at radius 2 is 1.68 bits per heavy atom. The zero-order valence-electron chi connectivity index (χ0n) is 21.0. The number of rotatable bonds is 6. The molecular weight excluding hydrogens is 470 g/mol. The van der Waals surface area contributed by atoms with Gasteiger partial charge in [-0.25, -0.2) is 9.78 Å². The lowest BCUT2D eigenvalue weighted by atomic mass is 10.2. The number of benzene rings is 1. The third-order valence-electron chi connectivity index (χ3n) is 6.77. The smallest absolute Gasteiger partial charge is 0.330 e. The Hall–Kier alpha value is -4.46. The molecule has 2 saturated heterocycles. The normalized spacial score (nSPS) is 16.0. The van der Waals surface area contributed by atoms with Crippen LogP contribution in [-0.4, -0.2) is 75.9 Å². The van der Waals surface area contributed by atoms with Crippen molar-refractivity contribution >= 4 is 29.1 Å². The molecule has 0 spiro atoms. The van der Waals surface area contributed by atoms with Crippen molar-refractivity contribution in [2.75, 3.05) is 54.0 Å². The molecule has 0 aliphatic carbocycles. The lowest BCUT2D eigenvalue weighted by Crippen LogP contribution is -2.48. The van der Waals surface area contributed by atoms with Crippen LogP contribution < -0.4 is 14.7 Å². The molecule has 11 nitrogen and oxygen atoms in total. The van der Waals surface area contributed by atoms with Crippen LogP contribution in [0, 0.1) is 11.3 Å². The maximum Gasteiger partial charge on any atom is 0.330 e. The highest BCUT2D eigenvalue weighted by atomic mass is 16.2. The van der Waals surface area contributed by atoms with E-state index in [0.717, 1.165) is 11.4 Å². The van der Waals surface area contributed by atoms with Gasteiger partial charge in [-0.05, 0) is 50.2 Å². The molecule has 2 aliphatic rings. The van der Waals surface area contributed by atoms with Gasteiger partial charge in [-0.2, -0.15) is 5.26 Å². The van der Waals surface area contributed by atoms with E-state index >= 15 is 0 Å². The standard InChI is InChI=1S/C26H29N9O2/c1-19(2)35-18-28-30-25(35)22-4-3-5-23(29-22)34-17-16-33(26(34)37)21-8-6-20(7-9-21)31-12-14-32(15-13-31)24(36)10-11-27/h3-9,18-19H,10,12-17H2,1-2H3. The van der Waals surface area contributed by atoms with E-state index in [1.165, 1.54) is 0 Å². The third kappa shape index (κ3) is 4.82. The SMILES string of the molecule is CC(C)n1cnnc1-c1cccc(N2CCN(c3ccc(N4CCN(C(=O)CC#N)CC4)cc3)C2=O)n1. The highest BCUT2D eigenvalue weighted by Gasteiger charge is 2.32. The van der Waals surface area contributed by atoms with Crippen LogP contribution in [0.15, 0.2) is 48.8 Å². The van der Waals surface area contributed by atoms with Gasteiger partial charge in [-0.3, -0.25) is 14.6 Å². The molecule has 11 heteroatoms. The van der Waals surface area contributed by atoms with Crippen LogP contribution in [-0.2, 0) is 4.79 Å². The minimum atomic E-state index is -0.118. The van der Waals surface area contributed by atoms with Crippen LogP contribution in [0.4, 0.5) is 22.0 Å². The van der Waals surface area contributed by atoms with Gasteiger partial charge in [-0.1, -0.05) is 6.07 Å². The van der Waals surface area contributed by atoms with Crippen molar-refractivity contribution < 1.29 is 9.59 Å². The summed E-state index contributed by atoms with van der Waals surface area (Å²) in [5.74, 6) is 1.14. The van der Waals surface area contributed by atoms with Gasteiger partial charge in [0.1, 0.15) is 24.3 Å². The fourth-order valence-electron chi connectivity index (χ4n) is 4.73. The molecule has 0 radical (unpaired) electrons. The quantitative estimate of drug-likeness (QED) is 0.512. The molecule has 2 aliphatic heterocycles. The molecule has 2 fully saturated rings. The minimum Gasteiger partial charge on any atom is -0.368 e. The number of carbonyl (C=O) groups is 2. The van der Waals surface area contributed by atoms with E-state index in [9.17, 15) is 9.59 Å². The highest BCUT2D eigenvalue weighted by molar-refractivity contribution is 6.05. The fraction of sp³-hybridized carbons (Fsp3) is 0.385. The Kier molecular flexibility index (Phi) is 6.72. The summed E-state index contributed by atoms with van der Waals surface area (Å²) in [4.78, 5) is 37.4. The Bertz CT molecular complexity index is 1320. The van der Waals surface area contributed by atoms with Gasteiger partial charge in [0, 0.05) is 56.7 Å². The highest BCUT2D eigenvalue weighted by Crippen LogP contribution is 2.28. The zero-order chi connectivity index (χ0) is 25.9. The van der Waals surface area contributed by atoms with Gasteiger partial charge in [0.25, 0.3) is 0 Å². The molecule has 0 saturated carbocycles. The average Bonchev–Trinajstić information content (AvgIpc) is 3.57. The molecule has 1 aromatic carbocycles. The first-order chi connectivity index (χ1) is 18.0. The summed E-state index contributed by atoms with van der Waals surface area (Å²) in [6, 6.07) is 15.5. The summed E-state index contributed by atoms with van der Waals surface area (Å²) in [5.41, 5.74) is 2.55. The number of aromatic nitrogens is 4. The van der Waals surface area contributed by atoms with Crippen molar-refractivity contribution in [3.05, 3.63) is 48.8 Å². The Balaban J connectivity index is 1.25. The number of urea groups is 1. The van der Waals surface area contributed by atoms with E-state index in [4.69, 9.17) is 10.2 Å². The van der Waals surface area contributed by atoms with Gasteiger partial charge in [-0.15, -0.1) is 10.2 Å². The second-order valence-electron chi connectivity index (χ2n) is 9.34. The van der Waals surface area contributed by atoms with E-state index in [1.807, 2.05) is 53.1 Å². The molecular formula is C26H29N9O2. The topological polar surface area (TPSA) is 114 Å². The van der Waals surface area contributed by atoms with E-state index in [0.29, 0.717) is 56.6 Å². The average molecular weight is 500 g/mol. The fourth-order valence-corrected chi connectivity index (χ4v) is 4.73. The molecule has 0 bridgehead atoms. The largest absolute Gasteiger partial charge is 0.368 e. The Morgan fingerprint density at radius 1 is 0.973 bits per heavy atom. The van der Waals surface area contributed by atoms with Crippen molar-refractivity contribution in [1.82, 2.24) is 24.6 Å². The van der Waals surface area contributed by atoms with Gasteiger partial charge >= 0.3 is 6.03 Å². The first-order valence-corrected chi connectivity index (χ1v) is 12.4. The maximum absolute atomic E-state index is 13.3. The first kappa shape index (κ1) is 24.2. The van der Waals surface area contributed by atoms with Crippen LogP contribution in [0.5, 0.6) is 0 Å². The number of nitriles is 1. The number of hydrogen-bond donors (Lipinski definition) is 0. The van der Waals surface area contributed by atoms with Gasteiger partial charge in [0.2, 0.25) is 5.91 Å². The number of hydrogen-bond acceptors (Lipinski definition) is 7. The summed E-state index contributed by atoms with van der Waals surface area (Å²) < 4.78 is 1.95. The van der Waals surface area contributed by atoms with Crippen LogP contribution in [0.25, 0.3) is 11.5 Å². The third-order valence-corrected chi connectivity index (χ3v) is 6.77. The summed E-state index contributed by atoms with van der Waals surface area (Å²) in [6.45, 7) is 7.82. The molecule has 0 unspecified atom stereocenters. The maximum atomic E-state index is 13.3.